The molecule has 0 fully saturated rings. The smallest absolute Gasteiger partial charge is 0.152 e. The zero-order valence-electron chi connectivity index (χ0n) is 18.9. The van der Waals surface area contributed by atoms with Crippen molar-refractivity contribution in [1.29, 1.82) is 0 Å². The molecule has 2 aromatic carbocycles. The molecule has 1 aliphatic rings. The highest BCUT2D eigenvalue weighted by atomic mass is 35.5. The van der Waals surface area contributed by atoms with Crippen molar-refractivity contribution in [2.75, 3.05) is 5.32 Å². The number of rotatable bonds is 9. The van der Waals surface area contributed by atoms with Gasteiger partial charge in [-0.3, -0.25) is 0 Å². The molecular formula is C29H28ClN3. The van der Waals surface area contributed by atoms with Crippen LogP contribution in [0.15, 0.2) is 109 Å². The summed E-state index contributed by atoms with van der Waals surface area (Å²) in [6, 6.07) is 18.1. The normalized spacial score (nSPS) is 13.2. The van der Waals surface area contributed by atoms with Crippen molar-refractivity contribution in [3.8, 4) is 11.3 Å². The monoisotopic (exact) mass is 453 g/mol. The standard InChI is InChI=1S/C29H28ClN3/c1-3-11-21(2)26(18-22-14-7-8-15-22)33-29-27(19-23-12-5-4-6-13-23)32-28(20-31-29)24-16-9-10-17-25(24)30/h4-10,12-14,16-18,20H,2-3,11,15,19H2,1H3,(H,31,33)/b26-18-. The first-order valence-corrected chi connectivity index (χ1v) is 11.7. The van der Waals surface area contributed by atoms with Gasteiger partial charge in [-0.2, -0.15) is 0 Å². The van der Waals surface area contributed by atoms with Crippen LogP contribution >= 0.6 is 11.6 Å². The van der Waals surface area contributed by atoms with Crippen molar-refractivity contribution in [2.45, 2.75) is 32.6 Å². The number of allylic oxidation sites excluding steroid dienone is 6. The minimum absolute atomic E-state index is 0.659. The zero-order valence-corrected chi connectivity index (χ0v) is 19.6. The second-order valence-corrected chi connectivity index (χ2v) is 8.51. The van der Waals surface area contributed by atoms with Crippen molar-refractivity contribution in [1.82, 2.24) is 9.97 Å². The molecule has 0 amide bonds. The first-order valence-electron chi connectivity index (χ1n) is 11.3. The van der Waals surface area contributed by atoms with E-state index in [1.54, 1.807) is 6.20 Å². The number of hydrogen-bond acceptors (Lipinski definition) is 3. The molecule has 0 radical (unpaired) electrons. The van der Waals surface area contributed by atoms with Crippen molar-refractivity contribution in [3.05, 3.63) is 125 Å². The van der Waals surface area contributed by atoms with Crippen molar-refractivity contribution >= 4 is 17.4 Å². The van der Waals surface area contributed by atoms with Gasteiger partial charge in [0, 0.05) is 17.7 Å². The summed E-state index contributed by atoms with van der Waals surface area (Å²) in [7, 11) is 0. The summed E-state index contributed by atoms with van der Waals surface area (Å²) in [6.45, 7) is 6.49. The van der Waals surface area contributed by atoms with E-state index >= 15 is 0 Å². The lowest BCUT2D eigenvalue weighted by Gasteiger charge is -2.17. The maximum absolute atomic E-state index is 6.45. The highest BCUT2D eigenvalue weighted by molar-refractivity contribution is 6.33. The van der Waals surface area contributed by atoms with Crippen LogP contribution in [0.4, 0.5) is 5.82 Å². The minimum atomic E-state index is 0.659. The Labute approximate surface area is 201 Å². The SMILES string of the molecule is C=C(CCC)/C(=C/C1=CC=CC1)Nc1ncc(-c2ccccc2Cl)nc1Cc1ccccc1. The number of benzene rings is 2. The molecule has 3 aromatic rings. The quantitative estimate of drug-likeness (QED) is 0.334. The average molecular weight is 454 g/mol. The van der Waals surface area contributed by atoms with E-state index in [0.29, 0.717) is 11.4 Å². The Balaban J connectivity index is 1.73. The van der Waals surface area contributed by atoms with E-state index in [0.717, 1.165) is 53.3 Å². The molecule has 4 heteroatoms. The molecule has 0 saturated heterocycles. The molecule has 0 atom stereocenters. The lowest BCUT2D eigenvalue weighted by Crippen LogP contribution is -2.09. The molecule has 1 N–H and O–H groups in total. The van der Waals surface area contributed by atoms with Crippen LogP contribution in [-0.2, 0) is 6.42 Å². The van der Waals surface area contributed by atoms with Crippen molar-refractivity contribution in [3.63, 3.8) is 0 Å². The molecule has 1 aliphatic carbocycles. The summed E-state index contributed by atoms with van der Waals surface area (Å²) in [4.78, 5) is 9.80. The molecule has 3 nitrogen and oxygen atoms in total. The molecule has 33 heavy (non-hydrogen) atoms. The van der Waals surface area contributed by atoms with Crippen LogP contribution in [0, 0.1) is 0 Å². The van der Waals surface area contributed by atoms with E-state index in [9.17, 15) is 0 Å². The van der Waals surface area contributed by atoms with E-state index in [2.05, 4.69) is 55.3 Å². The Morgan fingerprint density at radius 3 is 2.64 bits per heavy atom. The van der Waals surface area contributed by atoms with E-state index in [1.807, 2.05) is 42.5 Å². The van der Waals surface area contributed by atoms with Crippen LogP contribution < -0.4 is 5.32 Å². The van der Waals surface area contributed by atoms with E-state index < -0.39 is 0 Å². The van der Waals surface area contributed by atoms with Crippen LogP contribution in [0.25, 0.3) is 11.3 Å². The molecule has 0 bridgehead atoms. The van der Waals surface area contributed by atoms with Gasteiger partial charge in [0.05, 0.1) is 22.6 Å². The number of nitrogens with one attached hydrogen (secondary N) is 1. The van der Waals surface area contributed by atoms with Crippen LogP contribution in [0.1, 0.15) is 37.4 Å². The number of halogens is 1. The van der Waals surface area contributed by atoms with Crippen LogP contribution in [0.5, 0.6) is 0 Å². The number of hydrogen-bond donors (Lipinski definition) is 1. The molecule has 0 spiro atoms. The van der Waals surface area contributed by atoms with Gasteiger partial charge in [0.1, 0.15) is 0 Å². The molecule has 0 unspecified atom stereocenters. The topological polar surface area (TPSA) is 37.8 Å². The van der Waals surface area contributed by atoms with Gasteiger partial charge in [-0.05, 0) is 41.7 Å². The predicted octanol–water partition coefficient (Wildman–Crippen LogP) is 7.93. The largest absolute Gasteiger partial charge is 0.338 e. The van der Waals surface area contributed by atoms with E-state index in [4.69, 9.17) is 21.6 Å². The van der Waals surface area contributed by atoms with Crippen LogP contribution in [0.2, 0.25) is 5.02 Å². The zero-order chi connectivity index (χ0) is 23.0. The molecule has 1 aromatic heterocycles. The first-order chi connectivity index (χ1) is 16.1. The van der Waals surface area contributed by atoms with Crippen molar-refractivity contribution < 1.29 is 0 Å². The maximum atomic E-state index is 6.45. The average Bonchev–Trinajstić information content (AvgIpc) is 3.34. The highest BCUT2D eigenvalue weighted by Crippen LogP contribution is 2.29. The summed E-state index contributed by atoms with van der Waals surface area (Å²) >= 11 is 6.45. The van der Waals surface area contributed by atoms with Crippen LogP contribution in [0.3, 0.4) is 0 Å². The number of nitrogens with zero attached hydrogens (tertiary/aromatic N) is 2. The molecule has 0 saturated carbocycles. The van der Waals surface area contributed by atoms with E-state index in [1.165, 1.54) is 11.1 Å². The Hall–Kier alpha value is -3.43. The van der Waals surface area contributed by atoms with Gasteiger partial charge in [0.2, 0.25) is 0 Å². The summed E-state index contributed by atoms with van der Waals surface area (Å²) in [5.41, 5.74) is 6.98. The fourth-order valence-electron chi connectivity index (χ4n) is 3.79. The Morgan fingerprint density at radius 2 is 1.91 bits per heavy atom. The Morgan fingerprint density at radius 1 is 1.12 bits per heavy atom. The first kappa shape index (κ1) is 22.8. The molecule has 166 valence electrons. The summed E-state index contributed by atoms with van der Waals surface area (Å²) < 4.78 is 0. The van der Waals surface area contributed by atoms with Gasteiger partial charge in [-0.25, -0.2) is 9.97 Å². The van der Waals surface area contributed by atoms with E-state index in [-0.39, 0.29) is 0 Å². The predicted molar refractivity (Wildman–Crippen MR) is 139 cm³/mol. The second kappa shape index (κ2) is 10.9. The second-order valence-electron chi connectivity index (χ2n) is 8.10. The number of aromatic nitrogens is 2. The Kier molecular flexibility index (Phi) is 7.54. The molecular weight excluding hydrogens is 426 g/mol. The molecule has 0 aliphatic heterocycles. The summed E-state index contributed by atoms with van der Waals surface area (Å²) in [5.74, 6) is 0.740. The summed E-state index contributed by atoms with van der Waals surface area (Å²) in [5, 5.41) is 4.22. The van der Waals surface area contributed by atoms with Gasteiger partial charge in [0.15, 0.2) is 5.82 Å². The fourth-order valence-corrected chi connectivity index (χ4v) is 4.02. The molecule has 4 rings (SSSR count). The van der Waals surface area contributed by atoms with Gasteiger partial charge in [-0.1, -0.05) is 98.3 Å². The lowest BCUT2D eigenvalue weighted by molar-refractivity contribution is 0.913. The lowest BCUT2D eigenvalue weighted by atomic mass is 10.0. The van der Waals surface area contributed by atoms with Gasteiger partial charge >= 0.3 is 0 Å². The van der Waals surface area contributed by atoms with Crippen molar-refractivity contribution in [2.24, 2.45) is 0 Å². The third kappa shape index (κ3) is 5.88. The third-order valence-electron chi connectivity index (χ3n) is 5.52. The number of anilines is 1. The van der Waals surface area contributed by atoms with Gasteiger partial charge in [-0.15, -0.1) is 0 Å². The Bertz CT molecular complexity index is 1220. The van der Waals surface area contributed by atoms with Crippen LogP contribution in [-0.4, -0.2) is 9.97 Å². The molecule has 1 heterocycles. The minimum Gasteiger partial charge on any atom is -0.338 e. The fraction of sp³-hybridized carbons (Fsp3) is 0.172. The third-order valence-corrected chi connectivity index (χ3v) is 5.85. The summed E-state index contributed by atoms with van der Waals surface area (Å²) in [6.07, 6.45) is 13.9. The highest BCUT2D eigenvalue weighted by Gasteiger charge is 2.14. The van der Waals surface area contributed by atoms with Gasteiger partial charge < -0.3 is 5.32 Å². The van der Waals surface area contributed by atoms with Gasteiger partial charge in [0.25, 0.3) is 0 Å². The maximum Gasteiger partial charge on any atom is 0.152 e.